The highest BCUT2D eigenvalue weighted by Gasteiger charge is 2.42. The van der Waals surface area contributed by atoms with Gasteiger partial charge in [-0.05, 0) is 56.4 Å². The largest absolute Gasteiger partial charge is 0.489 e. The van der Waals surface area contributed by atoms with E-state index in [9.17, 15) is 17.6 Å². The minimum atomic E-state index is -3.72. The van der Waals surface area contributed by atoms with Gasteiger partial charge in [-0.3, -0.25) is 0 Å². The Morgan fingerprint density at radius 1 is 1.18 bits per heavy atom. The molecule has 1 heterocycles. The fourth-order valence-corrected chi connectivity index (χ4v) is 7.56. The Morgan fingerprint density at radius 2 is 1.89 bits per heavy atom. The lowest BCUT2D eigenvalue weighted by atomic mass is 9.81. The quantitative estimate of drug-likeness (QED) is 0.228. The van der Waals surface area contributed by atoms with E-state index < -0.39 is 27.3 Å². The van der Waals surface area contributed by atoms with Crippen LogP contribution in [0.1, 0.15) is 46.5 Å². The second kappa shape index (κ2) is 13.2. The second-order valence-corrected chi connectivity index (χ2v) is 12.3. The predicted octanol–water partition coefficient (Wildman–Crippen LogP) is 6.02. The molecule has 2 aromatic rings. The molecular weight excluding hydrogens is 529 g/mol. The van der Waals surface area contributed by atoms with Gasteiger partial charge in [0, 0.05) is 30.3 Å². The number of thioether (sulfide) groups is 1. The monoisotopic (exact) mass is 567 g/mol. The van der Waals surface area contributed by atoms with E-state index in [2.05, 4.69) is 6.92 Å². The third kappa shape index (κ3) is 6.82. The molecule has 0 spiro atoms. The van der Waals surface area contributed by atoms with E-state index >= 15 is 0 Å². The number of methoxy groups -OCH3 is 1. The van der Waals surface area contributed by atoms with Crippen molar-refractivity contribution < 1.29 is 31.8 Å². The number of hydrogen-bond acceptors (Lipinski definition) is 8. The molecule has 0 aliphatic carbocycles. The van der Waals surface area contributed by atoms with Gasteiger partial charge in [0.2, 0.25) is 0 Å². The van der Waals surface area contributed by atoms with Gasteiger partial charge < -0.3 is 19.1 Å². The van der Waals surface area contributed by atoms with Crippen LogP contribution >= 0.6 is 11.8 Å². The highest BCUT2D eigenvalue weighted by Crippen LogP contribution is 2.47. The van der Waals surface area contributed by atoms with Gasteiger partial charge in [0.15, 0.2) is 15.9 Å². The maximum Gasteiger partial charge on any atom is 0.338 e. The summed E-state index contributed by atoms with van der Waals surface area (Å²) < 4.78 is 58.0. The van der Waals surface area contributed by atoms with Gasteiger partial charge >= 0.3 is 5.97 Å². The van der Waals surface area contributed by atoms with Crippen LogP contribution in [0.5, 0.6) is 5.75 Å². The molecule has 10 heteroatoms. The van der Waals surface area contributed by atoms with Crippen molar-refractivity contribution >= 4 is 38.9 Å². The number of hydrogen-bond donors (Lipinski definition) is 0. The van der Waals surface area contributed by atoms with Gasteiger partial charge in [0.25, 0.3) is 0 Å². The molecule has 7 nitrogen and oxygen atoms in total. The average Bonchev–Trinajstić information content (AvgIpc) is 3.01. The Labute approximate surface area is 229 Å². The number of rotatable bonds is 12. The highest BCUT2D eigenvalue weighted by atomic mass is 32.2. The predicted molar refractivity (Wildman–Crippen MR) is 149 cm³/mol. The maximum atomic E-state index is 14.0. The Hall–Kier alpha value is -2.30. The number of unbranched alkanes of at least 4 members (excludes halogenated alkanes) is 1. The number of carbonyl (C=O) groups is 1. The van der Waals surface area contributed by atoms with E-state index in [4.69, 9.17) is 14.2 Å². The van der Waals surface area contributed by atoms with Gasteiger partial charge in [0.1, 0.15) is 18.2 Å². The summed E-state index contributed by atoms with van der Waals surface area (Å²) >= 11 is 1.41. The molecule has 1 aliphatic rings. The number of carbonyl (C=O) groups excluding carboxylic acids is 1. The zero-order chi connectivity index (χ0) is 27.9. The molecule has 1 aliphatic heterocycles. The molecule has 210 valence electrons. The van der Waals surface area contributed by atoms with Crippen LogP contribution in [0.3, 0.4) is 0 Å². The first-order valence-corrected chi connectivity index (χ1v) is 15.8. The summed E-state index contributed by atoms with van der Waals surface area (Å²) in [7, 11) is -2.45. The standard InChI is InChI=1S/C28H38FNO6S2/c1-6-9-14-28(7-2)18-30(21-12-10-20(29)11-13-21)22-15-25(37-5)23(16-26(22)38(32,33)19-28)36-17-24(35-8-3)27(31)34-4/h10-13,15-16,24H,6-9,14,17-19H2,1-5H3. The van der Waals surface area contributed by atoms with E-state index in [1.54, 1.807) is 25.1 Å². The summed E-state index contributed by atoms with van der Waals surface area (Å²) in [5.41, 5.74) is 0.782. The van der Waals surface area contributed by atoms with Crippen LogP contribution in [0.25, 0.3) is 0 Å². The van der Waals surface area contributed by atoms with Gasteiger partial charge in [-0.25, -0.2) is 17.6 Å². The van der Waals surface area contributed by atoms with Crippen molar-refractivity contribution in [2.75, 3.05) is 43.8 Å². The topological polar surface area (TPSA) is 82.1 Å². The maximum absolute atomic E-state index is 14.0. The smallest absolute Gasteiger partial charge is 0.338 e. The number of esters is 1. The number of nitrogens with zero attached hydrogens (tertiary/aromatic N) is 1. The summed E-state index contributed by atoms with van der Waals surface area (Å²) in [6, 6.07) is 9.52. The van der Waals surface area contributed by atoms with E-state index in [1.165, 1.54) is 31.0 Å². The van der Waals surface area contributed by atoms with E-state index in [1.807, 2.05) is 24.1 Å². The average molecular weight is 568 g/mol. The first kappa shape index (κ1) is 30.2. The third-order valence-corrected chi connectivity index (χ3v) is 9.78. The molecule has 0 saturated carbocycles. The van der Waals surface area contributed by atoms with Crippen LogP contribution in [0.2, 0.25) is 0 Å². The Kier molecular flexibility index (Phi) is 10.5. The lowest BCUT2D eigenvalue weighted by molar-refractivity contribution is -0.155. The van der Waals surface area contributed by atoms with Crippen molar-refractivity contribution in [2.24, 2.45) is 5.41 Å². The molecule has 0 aromatic heterocycles. The molecule has 0 fully saturated rings. The van der Waals surface area contributed by atoms with Gasteiger partial charge in [-0.15, -0.1) is 11.8 Å². The van der Waals surface area contributed by atoms with Crippen molar-refractivity contribution in [3.8, 4) is 5.75 Å². The number of anilines is 2. The van der Waals surface area contributed by atoms with Crippen molar-refractivity contribution in [1.29, 1.82) is 0 Å². The van der Waals surface area contributed by atoms with Crippen LogP contribution in [-0.4, -0.2) is 59.4 Å². The van der Waals surface area contributed by atoms with E-state index in [0.717, 1.165) is 24.9 Å². The number of benzene rings is 2. The third-order valence-electron chi connectivity index (χ3n) is 7.03. The summed E-state index contributed by atoms with van der Waals surface area (Å²) in [6.07, 6.45) is 4.26. The van der Waals surface area contributed by atoms with Crippen molar-refractivity contribution in [3.05, 3.63) is 42.2 Å². The fourth-order valence-electron chi connectivity index (χ4n) is 4.84. The van der Waals surface area contributed by atoms with Crippen LogP contribution in [-0.2, 0) is 24.1 Å². The van der Waals surface area contributed by atoms with E-state index in [-0.39, 0.29) is 23.1 Å². The van der Waals surface area contributed by atoms with Crippen molar-refractivity contribution in [1.82, 2.24) is 0 Å². The minimum Gasteiger partial charge on any atom is -0.489 e. The summed E-state index contributed by atoms with van der Waals surface area (Å²) in [5.74, 6) is -0.563. The molecule has 0 bridgehead atoms. The second-order valence-electron chi connectivity index (χ2n) is 9.53. The molecule has 38 heavy (non-hydrogen) atoms. The van der Waals surface area contributed by atoms with Gasteiger partial charge in [0.05, 0.1) is 28.3 Å². The van der Waals surface area contributed by atoms with Crippen LogP contribution < -0.4 is 9.64 Å². The molecular formula is C28H38FNO6S2. The molecule has 0 amide bonds. The number of sulfone groups is 1. The zero-order valence-electron chi connectivity index (χ0n) is 22.8. The molecule has 0 saturated heterocycles. The van der Waals surface area contributed by atoms with Gasteiger partial charge in [-0.1, -0.05) is 26.7 Å². The molecule has 2 aromatic carbocycles. The number of ether oxygens (including phenoxy) is 3. The van der Waals surface area contributed by atoms with Crippen LogP contribution in [0.4, 0.5) is 15.8 Å². The van der Waals surface area contributed by atoms with Crippen molar-refractivity contribution in [3.63, 3.8) is 0 Å². The highest BCUT2D eigenvalue weighted by molar-refractivity contribution is 7.98. The molecule has 3 rings (SSSR count). The number of fused-ring (bicyclic) bond motifs is 1. The van der Waals surface area contributed by atoms with Crippen LogP contribution in [0, 0.1) is 11.2 Å². The summed E-state index contributed by atoms with van der Waals surface area (Å²) in [6.45, 7) is 6.56. The zero-order valence-corrected chi connectivity index (χ0v) is 24.4. The minimum absolute atomic E-state index is 0.00296. The summed E-state index contributed by atoms with van der Waals surface area (Å²) in [5, 5.41) is 0. The lowest BCUT2D eigenvalue weighted by Gasteiger charge is -2.36. The molecule has 0 N–H and O–H groups in total. The normalized spacial score (nSPS) is 19.4. The van der Waals surface area contributed by atoms with Crippen molar-refractivity contribution in [2.45, 2.75) is 62.3 Å². The fraction of sp³-hybridized carbons (Fsp3) is 0.536. The Balaban J connectivity index is 2.15. The number of halogens is 1. The molecule has 2 unspecified atom stereocenters. The van der Waals surface area contributed by atoms with Crippen LogP contribution in [0.15, 0.2) is 46.2 Å². The van der Waals surface area contributed by atoms with Gasteiger partial charge in [-0.2, -0.15) is 0 Å². The summed E-state index contributed by atoms with van der Waals surface area (Å²) in [4.78, 5) is 15.0. The van der Waals surface area contributed by atoms with E-state index in [0.29, 0.717) is 35.9 Å². The lowest BCUT2D eigenvalue weighted by Crippen LogP contribution is -2.37. The Bertz CT molecular complexity index is 1200. The Morgan fingerprint density at radius 3 is 2.47 bits per heavy atom. The first-order chi connectivity index (χ1) is 18.1. The molecule has 2 atom stereocenters. The first-order valence-electron chi connectivity index (χ1n) is 12.9. The molecule has 0 radical (unpaired) electrons. The SMILES string of the molecule is CCCCC1(CC)CN(c2ccc(F)cc2)c2cc(SC)c(OCC(OCC)C(=O)OC)cc2S(=O)(=O)C1.